The van der Waals surface area contributed by atoms with Crippen LogP contribution in [0.2, 0.25) is 0 Å². The molecular weight excluding hydrogens is 469 g/mol. The Morgan fingerprint density at radius 2 is 1.74 bits per heavy atom. The Bertz CT molecular complexity index is 880. The summed E-state index contributed by atoms with van der Waals surface area (Å²) < 4.78 is 11.4. The van der Waals surface area contributed by atoms with E-state index in [0.29, 0.717) is 18.5 Å². The molecule has 196 valence electrons. The van der Waals surface area contributed by atoms with Crippen LogP contribution in [0.15, 0.2) is 24.3 Å². The third-order valence-electron chi connectivity index (χ3n) is 6.39. The van der Waals surface area contributed by atoms with Crippen molar-refractivity contribution in [2.45, 2.75) is 84.1 Å². The molecule has 35 heavy (non-hydrogen) atoms. The minimum atomic E-state index is -4.37. The summed E-state index contributed by atoms with van der Waals surface area (Å²) in [5, 5.41) is 5.34. The molecule has 1 saturated carbocycles. The van der Waals surface area contributed by atoms with Gasteiger partial charge < -0.3 is 20.4 Å². The van der Waals surface area contributed by atoms with E-state index >= 15 is 0 Å². The lowest BCUT2D eigenvalue weighted by Crippen LogP contribution is -2.54. The summed E-state index contributed by atoms with van der Waals surface area (Å²) in [5.74, 6) is -0.123. The highest BCUT2D eigenvalue weighted by Crippen LogP contribution is 2.33. The fraction of sp³-hybridized carbons (Fsp3) is 0.640. The first-order valence-corrected chi connectivity index (χ1v) is 14.2. The average Bonchev–Trinajstić information content (AvgIpc) is 2.81. The Morgan fingerprint density at radius 3 is 2.31 bits per heavy atom. The molecule has 1 aliphatic carbocycles. The maximum Gasteiger partial charge on any atom is 0.356 e. The van der Waals surface area contributed by atoms with Crippen molar-refractivity contribution in [1.29, 1.82) is 0 Å². The molecule has 0 aliphatic heterocycles. The highest BCUT2D eigenvalue weighted by molar-refractivity contribution is 7.60. The topological polar surface area (TPSA) is 136 Å². The first kappa shape index (κ1) is 29.0. The fourth-order valence-electron chi connectivity index (χ4n) is 4.56. The maximum atomic E-state index is 13.3. The number of amides is 4. The van der Waals surface area contributed by atoms with Crippen molar-refractivity contribution in [1.82, 2.24) is 15.5 Å². The molecule has 4 N–H and O–H groups in total. The zero-order valence-corrected chi connectivity index (χ0v) is 21.8. The number of unbranched alkanes of at least 4 members (excludes halogenated alkanes) is 1. The van der Waals surface area contributed by atoms with E-state index in [1.54, 1.807) is 0 Å². The Labute approximate surface area is 208 Å². The second kappa shape index (κ2) is 14.4. The zero-order chi connectivity index (χ0) is 25.8. The first-order valence-electron chi connectivity index (χ1n) is 12.6. The van der Waals surface area contributed by atoms with Crippen LogP contribution in [0.25, 0.3) is 0 Å². The molecule has 1 aliphatic rings. The smallest absolute Gasteiger partial charge is 0.344 e. The number of nitrogens with zero attached hydrogens (tertiary/aromatic N) is 1. The standard InChI is InChI=1S/C25H40N3O6P/c1-3-17-28(25(31)26-16-8-7-11-20-9-5-4-6-10-20)24(30)23(27-19(2)29)18-21-12-14-22(15-13-21)35(32,33)34/h12-15,20,23H,3-11,16-18H2,1-2H3,(H,26,31)(H,27,29)(H2,32,33,34). The van der Waals surface area contributed by atoms with E-state index in [1.165, 1.54) is 69.7 Å². The second-order valence-electron chi connectivity index (χ2n) is 9.39. The molecule has 1 fully saturated rings. The van der Waals surface area contributed by atoms with Gasteiger partial charge in [-0.2, -0.15) is 0 Å². The van der Waals surface area contributed by atoms with E-state index in [9.17, 15) is 28.7 Å². The number of rotatable bonds is 12. The van der Waals surface area contributed by atoms with Crippen molar-refractivity contribution in [2.75, 3.05) is 13.1 Å². The minimum absolute atomic E-state index is 0.0920. The molecule has 1 unspecified atom stereocenters. The zero-order valence-electron chi connectivity index (χ0n) is 20.9. The fourth-order valence-corrected chi connectivity index (χ4v) is 5.09. The predicted octanol–water partition coefficient (Wildman–Crippen LogP) is 3.24. The third-order valence-corrected chi connectivity index (χ3v) is 7.36. The van der Waals surface area contributed by atoms with Crippen molar-refractivity contribution in [3.05, 3.63) is 29.8 Å². The summed E-state index contributed by atoms with van der Waals surface area (Å²) >= 11 is 0. The minimum Gasteiger partial charge on any atom is -0.344 e. The number of hydrogen-bond acceptors (Lipinski definition) is 4. The van der Waals surface area contributed by atoms with Crippen LogP contribution in [0.1, 0.15) is 77.2 Å². The molecule has 2 rings (SSSR count). The van der Waals surface area contributed by atoms with Gasteiger partial charge in [-0.1, -0.05) is 64.0 Å². The number of hydrogen-bond donors (Lipinski definition) is 4. The molecule has 0 heterocycles. The molecule has 0 saturated heterocycles. The summed E-state index contributed by atoms with van der Waals surface area (Å²) in [4.78, 5) is 57.6. The van der Waals surface area contributed by atoms with Gasteiger partial charge in [-0.25, -0.2) is 4.79 Å². The Balaban J connectivity index is 1.96. The molecule has 0 bridgehead atoms. The van der Waals surface area contributed by atoms with E-state index in [1.807, 2.05) is 6.92 Å². The summed E-state index contributed by atoms with van der Waals surface area (Å²) in [7, 11) is -4.37. The molecule has 1 atom stereocenters. The summed E-state index contributed by atoms with van der Waals surface area (Å²) in [6.45, 7) is 3.88. The van der Waals surface area contributed by atoms with Crippen molar-refractivity contribution >= 4 is 30.7 Å². The van der Waals surface area contributed by atoms with Gasteiger partial charge in [0.2, 0.25) is 5.91 Å². The molecular formula is C25H40N3O6P. The van der Waals surface area contributed by atoms with Crippen molar-refractivity contribution in [3.8, 4) is 0 Å². The van der Waals surface area contributed by atoms with Gasteiger partial charge in [0.1, 0.15) is 6.04 Å². The van der Waals surface area contributed by atoms with Gasteiger partial charge in [-0.3, -0.25) is 19.1 Å². The van der Waals surface area contributed by atoms with Gasteiger partial charge in [0, 0.05) is 26.4 Å². The van der Waals surface area contributed by atoms with Gasteiger partial charge in [0.25, 0.3) is 5.91 Å². The number of carbonyl (C=O) groups is 3. The SMILES string of the molecule is CCCN(C(=O)NCCCCC1CCCCC1)C(=O)C(Cc1ccc(P(=O)(O)O)cc1)NC(C)=O. The lowest BCUT2D eigenvalue weighted by molar-refractivity contribution is -0.133. The summed E-state index contributed by atoms with van der Waals surface area (Å²) in [6.07, 6.45) is 10.3. The van der Waals surface area contributed by atoms with Crippen LogP contribution in [0.5, 0.6) is 0 Å². The van der Waals surface area contributed by atoms with Crippen LogP contribution < -0.4 is 15.9 Å². The first-order chi connectivity index (χ1) is 16.6. The van der Waals surface area contributed by atoms with Crippen LogP contribution in [0, 0.1) is 5.92 Å². The van der Waals surface area contributed by atoms with E-state index in [2.05, 4.69) is 10.6 Å². The Morgan fingerprint density at radius 1 is 1.09 bits per heavy atom. The number of nitrogens with one attached hydrogen (secondary N) is 2. The number of benzene rings is 1. The van der Waals surface area contributed by atoms with E-state index in [-0.39, 0.29) is 18.3 Å². The van der Waals surface area contributed by atoms with Crippen LogP contribution in [-0.2, 0) is 20.6 Å². The number of carbonyl (C=O) groups excluding carboxylic acids is 3. The molecule has 10 heteroatoms. The highest BCUT2D eigenvalue weighted by Gasteiger charge is 2.29. The van der Waals surface area contributed by atoms with Gasteiger partial charge >= 0.3 is 13.6 Å². The molecule has 0 radical (unpaired) electrons. The van der Waals surface area contributed by atoms with Crippen molar-refractivity contribution in [3.63, 3.8) is 0 Å². The molecule has 0 aromatic heterocycles. The van der Waals surface area contributed by atoms with Crippen LogP contribution in [0.3, 0.4) is 0 Å². The molecule has 1 aromatic rings. The van der Waals surface area contributed by atoms with Gasteiger partial charge in [-0.05, 0) is 36.5 Å². The average molecular weight is 510 g/mol. The molecule has 1 aromatic carbocycles. The number of imide groups is 1. The second-order valence-corrected chi connectivity index (χ2v) is 11.0. The molecule has 0 spiro atoms. The highest BCUT2D eigenvalue weighted by atomic mass is 31.2. The maximum absolute atomic E-state index is 13.3. The largest absolute Gasteiger partial charge is 0.356 e. The predicted molar refractivity (Wildman–Crippen MR) is 135 cm³/mol. The van der Waals surface area contributed by atoms with Gasteiger partial charge in [0.15, 0.2) is 0 Å². The molecule has 9 nitrogen and oxygen atoms in total. The monoisotopic (exact) mass is 509 g/mol. The Hall–Kier alpha value is -2.22. The van der Waals surface area contributed by atoms with Crippen LogP contribution >= 0.6 is 7.60 Å². The van der Waals surface area contributed by atoms with E-state index < -0.39 is 31.5 Å². The van der Waals surface area contributed by atoms with Gasteiger partial charge in [-0.15, -0.1) is 0 Å². The Kier molecular flexibility index (Phi) is 11.9. The van der Waals surface area contributed by atoms with E-state index in [0.717, 1.165) is 23.7 Å². The lowest BCUT2D eigenvalue weighted by atomic mass is 9.86. The molecule has 4 amide bonds. The van der Waals surface area contributed by atoms with Crippen LogP contribution in [-0.4, -0.2) is 51.7 Å². The van der Waals surface area contributed by atoms with Gasteiger partial charge in [0.05, 0.1) is 5.30 Å². The number of urea groups is 1. The normalized spacial score (nSPS) is 15.3. The quantitative estimate of drug-likeness (QED) is 0.252. The van der Waals surface area contributed by atoms with Crippen LogP contribution in [0.4, 0.5) is 4.79 Å². The summed E-state index contributed by atoms with van der Waals surface area (Å²) in [5.41, 5.74) is 0.605. The van der Waals surface area contributed by atoms with Crippen molar-refractivity contribution in [2.24, 2.45) is 5.92 Å². The van der Waals surface area contributed by atoms with Crippen molar-refractivity contribution < 1.29 is 28.7 Å². The van der Waals surface area contributed by atoms with E-state index in [4.69, 9.17) is 0 Å². The lowest BCUT2D eigenvalue weighted by Gasteiger charge is -2.26. The summed E-state index contributed by atoms with van der Waals surface area (Å²) in [6, 6.07) is 4.17. The third kappa shape index (κ3) is 10.1.